The fraction of sp³-hybridized carbons (Fsp3) is 0.444. The van der Waals surface area contributed by atoms with Crippen molar-refractivity contribution in [3.8, 4) is 0 Å². The van der Waals surface area contributed by atoms with Gasteiger partial charge in [0.05, 0.1) is 0 Å². The Bertz CT molecular complexity index is 231. The molecule has 0 aliphatic heterocycles. The van der Waals surface area contributed by atoms with Crippen LogP contribution in [0.4, 0.5) is 0 Å². The van der Waals surface area contributed by atoms with Gasteiger partial charge in [0.25, 0.3) is 0 Å². The Morgan fingerprint density at radius 2 is 2.20 bits per heavy atom. The minimum Gasteiger partial charge on any atom is -0.480 e. The SMILES string of the molecule is N/C=C\C=C/CSSCCC(S)C(=O)O. The van der Waals surface area contributed by atoms with Crippen LogP contribution in [0.3, 0.4) is 0 Å². The molecule has 0 aromatic heterocycles. The minimum atomic E-state index is -0.850. The predicted octanol–water partition coefficient (Wildman–Crippen LogP) is 2.17. The highest BCUT2D eigenvalue weighted by Crippen LogP contribution is 2.23. The molecule has 3 nitrogen and oxygen atoms in total. The van der Waals surface area contributed by atoms with E-state index in [0.717, 1.165) is 11.5 Å². The van der Waals surface area contributed by atoms with Gasteiger partial charge >= 0.3 is 5.97 Å². The van der Waals surface area contributed by atoms with Crippen LogP contribution in [-0.4, -0.2) is 27.8 Å². The van der Waals surface area contributed by atoms with Gasteiger partial charge in [0.1, 0.15) is 5.25 Å². The highest BCUT2D eigenvalue weighted by molar-refractivity contribution is 8.76. The van der Waals surface area contributed by atoms with Crippen molar-refractivity contribution in [2.75, 3.05) is 11.5 Å². The number of allylic oxidation sites excluding steroid dienone is 2. The van der Waals surface area contributed by atoms with Crippen molar-refractivity contribution in [2.24, 2.45) is 5.73 Å². The Morgan fingerprint density at radius 1 is 1.47 bits per heavy atom. The first-order valence-electron chi connectivity index (χ1n) is 4.37. The molecule has 1 unspecified atom stereocenters. The first-order chi connectivity index (χ1) is 7.18. The van der Waals surface area contributed by atoms with Gasteiger partial charge in [-0.15, -0.1) is 0 Å². The molecule has 1 atom stereocenters. The highest BCUT2D eigenvalue weighted by atomic mass is 33.1. The molecule has 0 saturated carbocycles. The van der Waals surface area contributed by atoms with E-state index in [9.17, 15) is 4.79 Å². The number of rotatable bonds is 8. The average molecular weight is 265 g/mol. The number of carbonyl (C=O) groups is 1. The molecule has 0 aliphatic rings. The molecule has 86 valence electrons. The summed E-state index contributed by atoms with van der Waals surface area (Å²) in [5.74, 6) is 0.835. The molecule has 15 heavy (non-hydrogen) atoms. The summed E-state index contributed by atoms with van der Waals surface area (Å²) in [6, 6.07) is 0. The lowest BCUT2D eigenvalue weighted by molar-refractivity contribution is -0.136. The van der Waals surface area contributed by atoms with Gasteiger partial charge < -0.3 is 10.8 Å². The molecule has 0 radical (unpaired) electrons. The first kappa shape index (κ1) is 14.8. The van der Waals surface area contributed by atoms with Crippen LogP contribution in [-0.2, 0) is 4.79 Å². The third-order valence-corrected chi connectivity index (χ3v) is 4.15. The van der Waals surface area contributed by atoms with Crippen LogP contribution in [0.1, 0.15) is 6.42 Å². The molecule has 6 heteroatoms. The summed E-state index contributed by atoms with van der Waals surface area (Å²) < 4.78 is 0. The molecule has 0 spiro atoms. The number of carboxylic acid groups (broad SMARTS) is 1. The fourth-order valence-electron chi connectivity index (χ4n) is 0.628. The summed E-state index contributed by atoms with van der Waals surface area (Å²) in [4.78, 5) is 10.4. The predicted molar refractivity (Wildman–Crippen MR) is 72.4 cm³/mol. The van der Waals surface area contributed by atoms with Crippen LogP contribution in [0, 0.1) is 0 Å². The molecule has 0 aliphatic carbocycles. The lowest BCUT2D eigenvalue weighted by atomic mass is 10.3. The summed E-state index contributed by atoms with van der Waals surface area (Å²) in [5, 5.41) is 8.01. The minimum absolute atomic E-state index is 0.547. The molecule has 0 bridgehead atoms. The monoisotopic (exact) mass is 265 g/mol. The van der Waals surface area contributed by atoms with E-state index < -0.39 is 11.2 Å². The molecule has 0 amide bonds. The van der Waals surface area contributed by atoms with Gasteiger partial charge in [-0.3, -0.25) is 4.79 Å². The van der Waals surface area contributed by atoms with Crippen molar-refractivity contribution in [1.29, 1.82) is 0 Å². The van der Waals surface area contributed by atoms with E-state index >= 15 is 0 Å². The van der Waals surface area contributed by atoms with Gasteiger partial charge in [0, 0.05) is 11.5 Å². The van der Waals surface area contributed by atoms with Gasteiger partial charge in [0.2, 0.25) is 0 Å². The van der Waals surface area contributed by atoms with Crippen molar-refractivity contribution in [2.45, 2.75) is 11.7 Å². The van der Waals surface area contributed by atoms with Gasteiger partial charge in [-0.05, 0) is 18.7 Å². The van der Waals surface area contributed by atoms with E-state index in [2.05, 4.69) is 12.6 Å². The maximum atomic E-state index is 10.4. The van der Waals surface area contributed by atoms with E-state index in [1.807, 2.05) is 12.2 Å². The summed E-state index contributed by atoms with van der Waals surface area (Å²) in [7, 11) is 3.34. The average Bonchev–Trinajstić information content (AvgIpc) is 2.21. The molecule has 0 heterocycles. The van der Waals surface area contributed by atoms with Gasteiger partial charge in [-0.2, -0.15) is 12.6 Å². The van der Waals surface area contributed by atoms with Gasteiger partial charge in [-0.25, -0.2) is 0 Å². The number of nitrogens with two attached hydrogens (primary N) is 1. The zero-order chi connectivity index (χ0) is 11.5. The summed E-state index contributed by atoms with van der Waals surface area (Å²) in [5.41, 5.74) is 5.14. The van der Waals surface area contributed by atoms with E-state index in [4.69, 9.17) is 10.8 Å². The van der Waals surface area contributed by atoms with Crippen LogP contribution in [0.25, 0.3) is 0 Å². The van der Waals surface area contributed by atoms with Crippen molar-refractivity contribution in [3.05, 3.63) is 24.4 Å². The highest BCUT2D eigenvalue weighted by Gasteiger charge is 2.10. The Morgan fingerprint density at radius 3 is 2.80 bits per heavy atom. The summed E-state index contributed by atoms with van der Waals surface area (Å²) >= 11 is 3.94. The number of aliphatic carboxylic acids is 1. The molecule has 0 aromatic rings. The topological polar surface area (TPSA) is 63.3 Å². The fourth-order valence-corrected chi connectivity index (χ4v) is 2.83. The largest absolute Gasteiger partial charge is 0.480 e. The molecular weight excluding hydrogens is 250 g/mol. The maximum Gasteiger partial charge on any atom is 0.316 e. The number of hydrogen-bond donors (Lipinski definition) is 3. The molecular formula is C9H15NO2S3. The smallest absolute Gasteiger partial charge is 0.316 e. The zero-order valence-corrected chi connectivity index (χ0v) is 10.7. The first-order valence-corrected chi connectivity index (χ1v) is 7.37. The summed E-state index contributed by atoms with van der Waals surface area (Å²) in [6.07, 6.45) is 7.71. The van der Waals surface area contributed by atoms with Crippen molar-refractivity contribution < 1.29 is 9.90 Å². The number of carboxylic acids is 1. The lowest BCUT2D eigenvalue weighted by Gasteiger charge is -2.03. The molecule has 0 fully saturated rings. The van der Waals surface area contributed by atoms with Gasteiger partial charge in [-0.1, -0.05) is 33.7 Å². The number of hydrogen-bond acceptors (Lipinski definition) is 5. The zero-order valence-electron chi connectivity index (χ0n) is 8.20. The van der Waals surface area contributed by atoms with E-state index in [-0.39, 0.29) is 0 Å². The Hall–Kier alpha value is -0.200. The number of thiol groups is 1. The van der Waals surface area contributed by atoms with Crippen molar-refractivity contribution in [3.63, 3.8) is 0 Å². The van der Waals surface area contributed by atoms with E-state index in [1.54, 1.807) is 27.7 Å². The Labute approximate surface area is 103 Å². The Kier molecular flexibility index (Phi) is 10.2. The second-order valence-corrected chi connectivity index (χ2v) is 5.81. The molecule has 0 saturated heterocycles. The third kappa shape index (κ3) is 10.1. The van der Waals surface area contributed by atoms with E-state index in [1.165, 1.54) is 6.20 Å². The third-order valence-electron chi connectivity index (χ3n) is 1.37. The van der Waals surface area contributed by atoms with Gasteiger partial charge in [0.15, 0.2) is 0 Å². The van der Waals surface area contributed by atoms with Crippen LogP contribution in [0.5, 0.6) is 0 Å². The summed E-state index contributed by atoms with van der Waals surface area (Å²) in [6.45, 7) is 0. The van der Waals surface area contributed by atoms with Crippen molar-refractivity contribution >= 4 is 40.2 Å². The van der Waals surface area contributed by atoms with Crippen LogP contribution >= 0.6 is 34.2 Å². The lowest BCUT2D eigenvalue weighted by Crippen LogP contribution is -2.13. The van der Waals surface area contributed by atoms with Crippen LogP contribution in [0.15, 0.2) is 24.4 Å². The molecule has 0 rings (SSSR count). The van der Waals surface area contributed by atoms with Crippen molar-refractivity contribution in [1.82, 2.24) is 0 Å². The van der Waals surface area contributed by atoms with E-state index in [0.29, 0.717) is 6.42 Å². The Balaban J connectivity index is 3.28. The second kappa shape index (κ2) is 10.3. The van der Waals surface area contributed by atoms with Crippen LogP contribution in [0.2, 0.25) is 0 Å². The normalized spacial score (nSPS) is 13.7. The van der Waals surface area contributed by atoms with Crippen LogP contribution < -0.4 is 5.73 Å². The molecule has 3 N–H and O–H groups in total. The standard InChI is InChI=1S/C9H15NO2S3/c10-5-2-1-3-6-14-15-7-4-8(13)9(11)12/h1-3,5,8,13H,4,6-7,10H2,(H,11,12)/b3-1-,5-2-. The maximum absolute atomic E-state index is 10.4. The quantitative estimate of drug-likeness (QED) is 0.272. The second-order valence-electron chi connectivity index (χ2n) is 2.56. The molecule has 0 aromatic carbocycles.